The number of aliphatic hydroxyl groups excluding tert-OH is 1. The van der Waals surface area contributed by atoms with Crippen LogP contribution in [0.25, 0.3) is 0 Å². The fourth-order valence-electron chi connectivity index (χ4n) is 3.96. The van der Waals surface area contributed by atoms with Gasteiger partial charge in [-0.05, 0) is 37.8 Å². The number of carbonyl (C=O) groups excluding carboxylic acids is 1. The van der Waals surface area contributed by atoms with Crippen LogP contribution in [0.3, 0.4) is 0 Å². The highest BCUT2D eigenvalue weighted by molar-refractivity contribution is 5.84. The van der Waals surface area contributed by atoms with E-state index in [1.807, 2.05) is 31.2 Å². The van der Waals surface area contributed by atoms with Gasteiger partial charge in [-0.25, -0.2) is 0 Å². The molecule has 1 aliphatic carbocycles. The van der Waals surface area contributed by atoms with Crippen molar-refractivity contribution in [2.75, 3.05) is 19.6 Å². The SMILES string of the molecule is Cc1ccc(C(O)CNC(=O)[C@@]23CCCC[C@H]2CNC3)cc1. The lowest BCUT2D eigenvalue weighted by atomic mass is 9.67. The van der Waals surface area contributed by atoms with Crippen LogP contribution in [0.1, 0.15) is 42.9 Å². The minimum absolute atomic E-state index is 0.119. The van der Waals surface area contributed by atoms with Crippen LogP contribution >= 0.6 is 0 Å². The number of benzene rings is 1. The number of rotatable bonds is 4. The summed E-state index contributed by atoms with van der Waals surface area (Å²) in [7, 11) is 0. The van der Waals surface area contributed by atoms with Gasteiger partial charge >= 0.3 is 0 Å². The zero-order chi connectivity index (χ0) is 15.6. The Morgan fingerprint density at radius 2 is 2.18 bits per heavy atom. The molecule has 4 nitrogen and oxygen atoms in total. The van der Waals surface area contributed by atoms with Crippen molar-refractivity contribution in [1.82, 2.24) is 10.6 Å². The summed E-state index contributed by atoms with van der Waals surface area (Å²) in [5.41, 5.74) is 1.78. The van der Waals surface area contributed by atoms with Gasteiger partial charge in [0.15, 0.2) is 0 Å². The topological polar surface area (TPSA) is 61.4 Å². The average molecular weight is 302 g/mol. The molecule has 1 amide bonds. The van der Waals surface area contributed by atoms with Crippen molar-refractivity contribution < 1.29 is 9.90 Å². The van der Waals surface area contributed by atoms with Crippen LogP contribution < -0.4 is 10.6 Å². The lowest BCUT2D eigenvalue weighted by Gasteiger charge is -2.37. The predicted molar refractivity (Wildman–Crippen MR) is 86.4 cm³/mol. The molecule has 1 aromatic carbocycles. The number of aryl methyl sites for hydroxylation is 1. The molecule has 1 unspecified atom stereocenters. The number of aliphatic hydroxyl groups is 1. The molecule has 22 heavy (non-hydrogen) atoms. The number of nitrogens with one attached hydrogen (secondary N) is 2. The molecule has 3 atom stereocenters. The normalized spacial score (nSPS) is 28.9. The van der Waals surface area contributed by atoms with E-state index in [1.54, 1.807) is 0 Å². The first-order chi connectivity index (χ1) is 10.6. The Balaban J connectivity index is 1.61. The Hall–Kier alpha value is -1.39. The van der Waals surface area contributed by atoms with Crippen molar-refractivity contribution in [3.05, 3.63) is 35.4 Å². The fraction of sp³-hybridized carbons (Fsp3) is 0.611. The van der Waals surface area contributed by atoms with E-state index < -0.39 is 6.10 Å². The van der Waals surface area contributed by atoms with E-state index >= 15 is 0 Å². The first-order valence-corrected chi connectivity index (χ1v) is 8.35. The Bertz CT molecular complexity index is 528. The third kappa shape index (κ3) is 2.90. The van der Waals surface area contributed by atoms with Gasteiger partial charge in [0.1, 0.15) is 0 Å². The van der Waals surface area contributed by atoms with Crippen molar-refractivity contribution in [3.8, 4) is 0 Å². The largest absolute Gasteiger partial charge is 0.387 e. The van der Waals surface area contributed by atoms with Crippen molar-refractivity contribution in [1.29, 1.82) is 0 Å². The van der Waals surface area contributed by atoms with Crippen molar-refractivity contribution in [2.24, 2.45) is 11.3 Å². The molecule has 2 aliphatic rings. The third-order valence-electron chi connectivity index (χ3n) is 5.41. The highest BCUT2D eigenvalue weighted by Crippen LogP contribution is 2.43. The summed E-state index contributed by atoms with van der Waals surface area (Å²) in [4.78, 5) is 12.7. The minimum Gasteiger partial charge on any atom is -0.387 e. The number of hydrogen-bond donors (Lipinski definition) is 3. The van der Waals surface area contributed by atoms with Crippen LogP contribution in [0.5, 0.6) is 0 Å². The Morgan fingerprint density at radius 1 is 1.41 bits per heavy atom. The summed E-state index contributed by atoms with van der Waals surface area (Å²) in [5.74, 6) is 0.575. The standard InChI is InChI=1S/C18H26N2O2/c1-13-5-7-14(8-6-13)16(21)11-20-17(22)18-9-3-2-4-15(18)10-19-12-18/h5-8,15-16,19,21H,2-4,9-12H2,1H3,(H,20,22)/t15-,16?,18+/m0/s1. The van der Waals surface area contributed by atoms with Crippen LogP contribution in [0.2, 0.25) is 0 Å². The number of hydrogen-bond acceptors (Lipinski definition) is 3. The lowest BCUT2D eigenvalue weighted by molar-refractivity contribution is -0.134. The number of carbonyl (C=O) groups is 1. The van der Waals surface area contributed by atoms with E-state index in [4.69, 9.17) is 0 Å². The quantitative estimate of drug-likeness (QED) is 0.796. The zero-order valence-corrected chi connectivity index (χ0v) is 13.3. The molecule has 0 spiro atoms. The van der Waals surface area contributed by atoms with E-state index in [0.29, 0.717) is 5.92 Å². The van der Waals surface area contributed by atoms with Crippen LogP contribution in [0.4, 0.5) is 0 Å². The summed E-state index contributed by atoms with van der Waals surface area (Å²) in [6.07, 6.45) is 3.83. The summed E-state index contributed by atoms with van der Waals surface area (Å²) in [5, 5.41) is 16.7. The Morgan fingerprint density at radius 3 is 2.95 bits per heavy atom. The molecule has 4 heteroatoms. The van der Waals surface area contributed by atoms with Gasteiger partial charge in [0.2, 0.25) is 5.91 Å². The first-order valence-electron chi connectivity index (χ1n) is 8.35. The zero-order valence-electron chi connectivity index (χ0n) is 13.3. The van der Waals surface area contributed by atoms with Gasteiger partial charge in [0.05, 0.1) is 11.5 Å². The molecule has 1 saturated heterocycles. The van der Waals surface area contributed by atoms with E-state index in [0.717, 1.165) is 37.9 Å². The lowest BCUT2D eigenvalue weighted by Crippen LogP contribution is -2.48. The molecule has 2 fully saturated rings. The predicted octanol–water partition coefficient (Wildman–Crippen LogP) is 1.92. The maximum absolute atomic E-state index is 12.7. The van der Waals surface area contributed by atoms with Gasteiger partial charge in [-0.3, -0.25) is 4.79 Å². The monoisotopic (exact) mass is 302 g/mol. The molecule has 0 aromatic heterocycles. The molecule has 3 rings (SSSR count). The second kappa shape index (κ2) is 6.39. The van der Waals surface area contributed by atoms with E-state index in [9.17, 15) is 9.90 Å². The summed E-state index contributed by atoms with van der Waals surface area (Å²) >= 11 is 0. The minimum atomic E-state index is -0.641. The Labute approximate surface area is 132 Å². The van der Waals surface area contributed by atoms with Crippen molar-refractivity contribution in [3.63, 3.8) is 0 Å². The van der Waals surface area contributed by atoms with E-state index in [-0.39, 0.29) is 17.9 Å². The smallest absolute Gasteiger partial charge is 0.227 e. The molecule has 120 valence electrons. The third-order valence-corrected chi connectivity index (χ3v) is 5.41. The second-order valence-corrected chi connectivity index (χ2v) is 6.87. The van der Waals surface area contributed by atoms with Gasteiger partial charge < -0.3 is 15.7 Å². The van der Waals surface area contributed by atoms with Gasteiger partial charge in [-0.2, -0.15) is 0 Å². The Kier molecular flexibility index (Phi) is 4.50. The highest BCUT2D eigenvalue weighted by Gasteiger charge is 2.49. The maximum atomic E-state index is 12.7. The van der Waals surface area contributed by atoms with Crippen molar-refractivity contribution >= 4 is 5.91 Å². The average Bonchev–Trinajstić information content (AvgIpc) is 2.98. The summed E-state index contributed by atoms with van der Waals surface area (Å²) in [6.45, 7) is 4.04. The molecular weight excluding hydrogens is 276 g/mol. The second-order valence-electron chi connectivity index (χ2n) is 6.87. The molecule has 1 aliphatic heterocycles. The first kappa shape index (κ1) is 15.5. The van der Waals surface area contributed by atoms with Crippen LogP contribution in [0, 0.1) is 18.3 Å². The molecule has 1 aromatic rings. The molecule has 3 N–H and O–H groups in total. The molecule has 0 bridgehead atoms. The summed E-state index contributed by atoms with van der Waals surface area (Å²) < 4.78 is 0. The van der Waals surface area contributed by atoms with Crippen LogP contribution in [0.15, 0.2) is 24.3 Å². The fourth-order valence-corrected chi connectivity index (χ4v) is 3.96. The molecule has 1 saturated carbocycles. The van der Waals surface area contributed by atoms with Gasteiger partial charge in [0, 0.05) is 13.1 Å². The van der Waals surface area contributed by atoms with Gasteiger partial charge in [-0.15, -0.1) is 0 Å². The van der Waals surface area contributed by atoms with E-state index in [1.165, 1.54) is 12.0 Å². The molecular formula is C18H26N2O2. The van der Waals surface area contributed by atoms with Crippen LogP contribution in [-0.2, 0) is 4.79 Å². The van der Waals surface area contributed by atoms with Crippen LogP contribution in [-0.4, -0.2) is 30.6 Å². The number of fused-ring (bicyclic) bond motifs is 1. The van der Waals surface area contributed by atoms with Gasteiger partial charge in [0.25, 0.3) is 0 Å². The highest BCUT2D eigenvalue weighted by atomic mass is 16.3. The molecule has 0 radical (unpaired) electrons. The maximum Gasteiger partial charge on any atom is 0.227 e. The van der Waals surface area contributed by atoms with E-state index in [2.05, 4.69) is 10.6 Å². The number of amides is 1. The van der Waals surface area contributed by atoms with Crippen molar-refractivity contribution in [2.45, 2.75) is 38.7 Å². The summed E-state index contributed by atoms with van der Waals surface area (Å²) in [6, 6.07) is 7.81. The molecule has 1 heterocycles. The van der Waals surface area contributed by atoms with Gasteiger partial charge in [-0.1, -0.05) is 42.7 Å².